The molecule has 0 radical (unpaired) electrons. The third-order valence-electron chi connectivity index (χ3n) is 3.90. The summed E-state index contributed by atoms with van der Waals surface area (Å²) in [5.74, 6) is 1.37. The summed E-state index contributed by atoms with van der Waals surface area (Å²) in [6.45, 7) is 1.20. The first kappa shape index (κ1) is 19.1. The largest absolute Gasteiger partial charge is 0.493 e. The molecule has 0 saturated carbocycles. The van der Waals surface area contributed by atoms with Crippen LogP contribution in [0.5, 0.6) is 11.5 Å². The van der Waals surface area contributed by atoms with Crippen LogP contribution in [0.3, 0.4) is 0 Å². The minimum Gasteiger partial charge on any atom is -0.493 e. The number of carbonyl (C=O) groups excluding carboxylic acids is 1. The molecule has 0 saturated heterocycles. The summed E-state index contributed by atoms with van der Waals surface area (Å²) in [6, 6.07) is 13.1. The number of amides is 1. The summed E-state index contributed by atoms with van der Waals surface area (Å²) < 4.78 is 10.6. The maximum absolute atomic E-state index is 12.1. The van der Waals surface area contributed by atoms with E-state index in [1.165, 1.54) is 0 Å². The summed E-state index contributed by atoms with van der Waals surface area (Å²) in [5.41, 5.74) is 1.78. The fraction of sp³-hybridized carbons (Fsp3) is 0.316. The van der Waals surface area contributed by atoms with Crippen molar-refractivity contribution in [1.29, 1.82) is 0 Å². The highest BCUT2D eigenvalue weighted by Gasteiger charge is 2.12. The van der Waals surface area contributed by atoms with Gasteiger partial charge in [-0.1, -0.05) is 29.8 Å². The van der Waals surface area contributed by atoms with Crippen molar-refractivity contribution >= 4 is 23.2 Å². The van der Waals surface area contributed by atoms with Crippen molar-refractivity contribution in [2.24, 2.45) is 0 Å². The molecular weight excluding hydrogens is 340 g/mol. The van der Waals surface area contributed by atoms with Crippen molar-refractivity contribution < 1.29 is 19.2 Å². The summed E-state index contributed by atoms with van der Waals surface area (Å²) in [7, 11) is 5.23. The number of quaternary nitrogens is 1. The zero-order valence-electron chi connectivity index (χ0n) is 14.8. The molecule has 0 heterocycles. The Bertz CT molecular complexity index is 722. The Kier molecular flexibility index (Phi) is 7.10. The lowest BCUT2D eigenvalue weighted by atomic mass is 10.1. The highest BCUT2D eigenvalue weighted by molar-refractivity contribution is 6.33. The van der Waals surface area contributed by atoms with Crippen LogP contribution in [0.15, 0.2) is 42.5 Å². The number of hydrogen-bond acceptors (Lipinski definition) is 3. The third kappa shape index (κ3) is 5.66. The van der Waals surface area contributed by atoms with E-state index in [0.717, 1.165) is 23.4 Å². The standard InChI is InChI=1S/C19H23ClN2O3/c1-22(13-19(23)21-16-7-5-4-6-15(16)20)11-10-14-8-9-17(24-2)18(12-14)25-3/h4-9,12H,10-11,13H2,1-3H3,(H,21,23)/p+1. The normalized spacial score (nSPS) is 11.7. The quantitative estimate of drug-likeness (QED) is 0.754. The van der Waals surface area contributed by atoms with E-state index in [4.69, 9.17) is 21.1 Å². The van der Waals surface area contributed by atoms with Crippen LogP contribution in [0, 0.1) is 0 Å². The van der Waals surface area contributed by atoms with Crippen LogP contribution in [0.1, 0.15) is 5.56 Å². The van der Waals surface area contributed by atoms with Crippen molar-refractivity contribution in [3.05, 3.63) is 53.1 Å². The zero-order chi connectivity index (χ0) is 18.2. The number of nitrogens with one attached hydrogen (secondary N) is 2. The monoisotopic (exact) mass is 363 g/mol. The van der Waals surface area contributed by atoms with Crippen molar-refractivity contribution in [2.75, 3.05) is 39.7 Å². The number of para-hydroxylation sites is 1. The molecular formula is C19H24ClN2O3+. The average molecular weight is 364 g/mol. The minimum absolute atomic E-state index is 0.0575. The SMILES string of the molecule is COc1ccc(CC[NH+](C)CC(=O)Nc2ccccc2Cl)cc1OC. The Balaban J connectivity index is 1.85. The van der Waals surface area contributed by atoms with Crippen LogP contribution in [-0.4, -0.2) is 40.3 Å². The maximum atomic E-state index is 12.1. The molecule has 2 aromatic rings. The molecule has 2 aromatic carbocycles. The van der Waals surface area contributed by atoms with E-state index >= 15 is 0 Å². The van der Waals surface area contributed by atoms with Gasteiger partial charge in [-0.2, -0.15) is 0 Å². The number of anilines is 1. The van der Waals surface area contributed by atoms with E-state index in [9.17, 15) is 4.79 Å². The van der Waals surface area contributed by atoms with Crippen molar-refractivity contribution in [3.8, 4) is 11.5 Å². The molecule has 0 aromatic heterocycles. The molecule has 1 unspecified atom stereocenters. The number of methoxy groups -OCH3 is 2. The van der Waals surface area contributed by atoms with Gasteiger partial charge < -0.3 is 19.7 Å². The lowest BCUT2D eigenvalue weighted by Gasteiger charge is -2.15. The summed E-state index contributed by atoms with van der Waals surface area (Å²) in [6.07, 6.45) is 0.839. The first-order valence-electron chi connectivity index (χ1n) is 8.10. The molecule has 6 heteroatoms. The van der Waals surface area contributed by atoms with E-state index in [0.29, 0.717) is 28.8 Å². The molecule has 25 heavy (non-hydrogen) atoms. The first-order chi connectivity index (χ1) is 12.0. The predicted octanol–water partition coefficient (Wildman–Crippen LogP) is 2.05. The predicted molar refractivity (Wildman–Crippen MR) is 100.0 cm³/mol. The van der Waals surface area contributed by atoms with E-state index in [2.05, 4.69) is 5.32 Å². The van der Waals surface area contributed by atoms with Gasteiger partial charge in [-0.25, -0.2) is 0 Å². The van der Waals surface area contributed by atoms with Gasteiger partial charge in [-0.15, -0.1) is 0 Å². The van der Waals surface area contributed by atoms with Crippen molar-refractivity contribution in [3.63, 3.8) is 0 Å². The highest BCUT2D eigenvalue weighted by Crippen LogP contribution is 2.27. The topological polar surface area (TPSA) is 52.0 Å². The summed E-state index contributed by atoms with van der Waals surface area (Å²) in [4.78, 5) is 13.3. The van der Waals surface area contributed by atoms with Crippen LogP contribution in [0.25, 0.3) is 0 Å². The van der Waals surface area contributed by atoms with Crippen LogP contribution < -0.4 is 19.7 Å². The number of ether oxygens (including phenoxy) is 2. The Hall–Kier alpha value is -2.24. The Labute approximate surface area is 153 Å². The van der Waals surface area contributed by atoms with Crippen molar-refractivity contribution in [1.82, 2.24) is 0 Å². The van der Waals surface area contributed by atoms with Gasteiger partial charge in [-0.3, -0.25) is 4.79 Å². The average Bonchev–Trinajstić information content (AvgIpc) is 2.61. The summed E-state index contributed by atoms with van der Waals surface area (Å²) >= 11 is 6.06. The van der Waals surface area contributed by atoms with Gasteiger partial charge in [-0.05, 0) is 29.8 Å². The molecule has 2 N–H and O–H groups in total. The Morgan fingerprint density at radius 2 is 1.84 bits per heavy atom. The number of benzene rings is 2. The second-order valence-corrected chi connectivity index (χ2v) is 6.26. The van der Waals surface area contributed by atoms with Gasteiger partial charge in [0, 0.05) is 6.42 Å². The Morgan fingerprint density at radius 1 is 1.12 bits per heavy atom. The van der Waals surface area contributed by atoms with Crippen LogP contribution in [0.2, 0.25) is 5.02 Å². The highest BCUT2D eigenvalue weighted by atomic mass is 35.5. The first-order valence-corrected chi connectivity index (χ1v) is 8.48. The molecule has 5 nitrogen and oxygen atoms in total. The van der Waals surface area contributed by atoms with Gasteiger partial charge in [0.2, 0.25) is 0 Å². The van der Waals surface area contributed by atoms with Crippen LogP contribution in [0.4, 0.5) is 5.69 Å². The van der Waals surface area contributed by atoms with Crippen LogP contribution >= 0.6 is 11.6 Å². The number of carbonyl (C=O) groups is 1. The fourth-order valence-corrected chi connectivity index (χ4v) is 2.70. The third-order valence-corrected chi connectivity index (χ3v) is 4.23. The molecule has 0 aliphatic carbocycles. The van der Waals surface area contributed by atoms with Crippen molar-refractivity contribution in [2.45, 2.75) is 6.42 Å². The molecule has 0 aliphatic rings. The van der Waals surface area contributed by atoms with E-state index in [-0.39, 0.29) is 5.91 Å². The molecule has 0 aliphatic heterocycles. The Morgan fingerprint density at radius 3 is 2.52 bits per heavy atom. The molecule has 1 atom stereocenters. The fourth-order valence-electron chi connectivity index (χ4n) is 2.51. The molecule has 1 amide bonds. The summed E-state index contributed by atoms with van der Waals surface area (Å²) in [5, 5.41) is 3.38. The lowest BCUT2D eigenvalue weighted by molar-refractivity contribution is -0.870. The number of halogens is 1. The van der Waals surface area contributed by atoms with Gasteiger partial charge in [0.05, 0.1) is 38.5 Å². The maximum Gasteiger partial charge on any atom is 0.279 e. The van der Waals surface area contributed by atoms with Gasteiger partial charge in [0.1, 0.15) is 0 Å². The number of likely N-dealkylation sites (N-methyl/N-ethyl adjacent to an activating group) is 1. The number of hydrogen-bond donors (Lipinski definition) is 2. The second-order valence-electron chi connectivity index (χ2n) is 5.85. The minimum atomic E-state index is -0.0575. The molecule has 134 valence electrons. The molecule has 2 rings (SSSR count). The number of rotatable bonds is 8. The molecule has 0 fully saturated rings. The van der Waals surface area contributed by atoms with Crippen LogP contribution in [-0.2, 0) is 11.2 Å². The van der Waals surface area contributed by atoms with E-state index in [1.807, 2.05) is 37.4 Å². The van der Waals surface area contributed by atoms with Gasteiger partial charge >= 0.3 is 0 Å². The molecule has 0 bridgehead atoms. The molecule has 0 spiro atoms. The lowest BCUT2D eigenvalue weighted by Crippen LogP contribution is -3.10. The zero-order valence-corrected chi connectivity index (χ0v) is 15.5. The van der Waals surface area contributed by atoms with Gasteiger partial charge in [0.25, 0.3) is 5.91 Å². The van der Waals surface area contributed by atoms with E-state index in [1.54, 1.807) is 26.4 Å². The second kappa shape index (κ2) is 9.30. The van der Waals surface area contributed by atoms with Gasteiger partial charge in [0.15, 0.2) is 18.0 Å². The smallest absolute Gasteiger partial charge is 0.279 e. The van der Waals surface area contributed by atoms with E-state index < -0.39 is 0 Å².